The molecule has 0 radical (unpaired) electrons. The fourth-order valence-corrected chi connectivity index (χ4v) is 1.13. The molecular formula is C12H13N3O. The molecular weight excluding hydrogens is 202 g/mol. The van der Waals surface area contributed by atoms with Crippen LogP contribution in [0.4, 0.5) is 0 Å². The van der Waals surface area contributed by atoms with Crippen LogP contribution in [-0.2, 0) is 0 Å². The molecule has 1 rings (SSSR count). The number of aromatic nitrogens is 1. The Balaban J connectivity index is 2.82. The van der Waals surface area contributed by atoms with Gasteiger partial charge in [0.15, 0.2) is 0 Å². The van der Waals surface area contributed by atoms with Crippen molar-refractivity contribution in [2.24, 2.45) is 0 Å². The predicted molar refractivity (Wildman–Crippen MR) is 60.8 cm³/mol. The number of hydrogen-bond acceptors (Lipinski definition) is 3. The van der Waals surface area contributed by atoms with Crippen LogP contribution in [0.1, 0.15) is 28.7 Å². The molecule has 0 fully saturated rings. The van der Waals surface area contributed by atoms with Gasteiger partial charge >= 0.3 is 0 Å². The van der Waals surface area contributed by atoms with Crippen LogP contribution in [0.25, 0.3) is 0 Å². The van der Waals surface area contributed by atoms with E-state index in [1.54, 1.807) is 19.1 Å². The predicted octanol–water partition coefficient (Wildman–Crippen LogP) is 1.57. The second-order valence-electron chi connectivity index (χ2n) is 3.58. The summed E-state index contributed by atoms with van der Waals surface area (Å²) in [5.41, 5.74) is 2.23. The molecule has 82 valence electrons. The van der Waals surface area contributed by atoms with Crippen molar-refractivity contribution in [2.75, 3.05) is 6.54 Å². The third-order valence-electron chi connectivity index (χ3n) is 1.99. The largest absolute Gasteiger partial charge is 0.347 e. The van der Waals surface area contributed by atoms with E-state index in [1.165, 1.54) is 0 Å². The van der Waals surface area contributed by atoms with Crippen LogP contribution in [0.3, 0.4) is 0 Å². The molecule has 0 saturated heterocycles. The average Bonchev–Trinajstić information content (AvgIpc) is 2.25. The Labute approximate surface area is 94.6 Å². The van der Waals surface area contributed by atoms with Gasteiger partial charge in [-0.25, -0.2) is 4.98 Å². The molecule has 1 N–H and O–H groups in total. The van der Waals surface area contributed by atoms with Crippen molar-refractivity contribution in [2.45, 2.75) is 13.8 Å². The molecule has 0 aromatic carbocycles. The van der Waals surface area contributed by atoms with Gasteiger partial charge in [0.25, 0.3) is 5.91 Å². The second kappa shape index (κ2) is 5.08. The first-order valence-corrected chi connectivity index (χ1v) is 4.85. The lowest BCUT2D eigenvalue weighted by atomic mass is 10.2. The van der Waals surface area contributed by atoms with Crippen LogP contribution in [-0.4, -0.2) is 17.4 Å². The topological polar surface area (TPSA) is 65.8 Å². The molecule has 4 nitrogen and oxygen atoms in total. The lowest BCUT2D eigenvalue weighted by molar-refractivity contribution is 0.0952. The molecule has 16 heavy (non-hydrogen) atoms. The first-order valence-electron chi connectivity index (χ1n) is 4.85. The minimum Gasteiger partial charge on any atom is -0.347 e. The van der Waals surface area contributed by atoms with Crippen molar-refractivity contribution in [1.82, 2.24) is 10.3 Å². The van der Waals surface area contributed by atoms with Crippen molar-refractivity contribution in [1.29, 1.82) is 5.26 Å². The summed E-state index contributed by atoms with van der Waals surface area (Å²) in [6, 6.07) is 5.14. The third-order valence-corrected chi connectivity index (χ3v) is 1.99. The number of nitrogens with one attached hydrogen (secondary N) is 1. The number of hydrogen-bond donors (Lipinski definition) is 1. The summed E-state index contributed by atoms with van der Waals surface area (Å²) in [7, 11) is 0. The summed E-state index contributed by atoms with van der Waals surface area (Å²) in [6.45, 7) is 7.65. The van der Waals surface area contributed by atoms with Crippen molar-refractivity contribution in [3.8, 4) is 6.07 Å². The average molecular weight is 215 g/mol. The quantitative estimate of drug-likeness (QED) is 0.778. The normalized spacial score (nSPS) is 9.31. The van der Waals surface area contributed by atoms with Crippen molar-refractivity contribution >= 4 is 5.91 Å². The maximum absolute atomic E-state index is 11.6. The lowest BCUT2D eigenvalue weighted by Crippen LogP contribution is -2.26. The number of nitrogens with zero attached hydrogens (tertiary/aromatic N) is 2. The van der Waals surface area contributed by atoms with Crippen molar-refractivity contribution in [3.63, 3.8) is 0 Å². The highest BCUT2D eigenvalue weighted by Crippen LogP contribution is 2.05. The van der Waals surface area contributed by atoms with Gasteiger partial charge in [0, 0.05) is 6.54 Å². The summed E-state index contributed by atoms with van der Waals surface area (Å²) in [5.74, 6) is -0.254. The van der Waals surface area contributed by atoms with Crippen LogP contribution in [0.2, 0.25) is 0 Å². The Morgan fingerprint density at radius 2 is 2.31 bits per heavy atom. The van der Waals surface area contributed by atoms with Gasteiger partial charge in [-0.15, -0.1) is 0 Å². The van der Waals surface area contributed by atoms with E-state index in [9.17, 15) is 4.79 Å². The Morgan fingerprint density at radius 3 is 2.81 bits per heavy atom. The number of carbonyl (C=O) groups is 1. The van der Waals surface area contributed by atoms with E-state index in [0.29, 0.717) is 23.5 Å². The van der Waals surface area contributed by atoms with E-state index in [4.69, 9.17) is 5.26 Å². The lowest BCUT2D eigenvalue weighted by Gasteiger charge is -2.05. The third kappa shape index (κ3) is 2.92. The number of amides is 1. The fourth-order valence-electron chi connectivity index (χ4n) is 1.13. The second-order valence-corrected chi connectivity index (χ2v) is 3.58. The van der Waals surface area contributed by atoms with Gasteiger partial charge in [0.2, 0.25) is 0 Å². The standard InChI is InChI=1S/C12H13N3O/c1-8(2)7-14-12(16)11-5-4-10(6-13)9(3)15-11/h4-5H,1,7H2,2-3H3,(H,14,16). The molecule has 0 aliphatic carbocycles. The molecule has 1 heterocycles. The van der Waals surface area contributed by atoms with Gasteiger partial charge in [-0.3, -0.25) is 4.79 Å². The van der Waals surface area contributed by atoms with Crippen LogP contribution in [0.15, 0.2) is 24.3 Å². The Morgan fingerprint density at radius 1 is 1.62 bits per heavy atom. The number of nitriles is 1. The van der Waals surface area contributed by atoms with E-state index in [1.807, 2.05) is 13.0 Å². The maximum Gasteiger partial charge on any atom is 0.270 e. The van der Waals surface area contributed by atoms with E-state index < -0.39 is 0 Å². The van der Waals surface area contributed by atoms with Gasteiger partial charge in [0.05, 0.1) is 11.3 Å². The van der Waals surface area contributed by atoms with Crippen molar-refractivity contribution < 1.29 is 4.79 Å². The number of rotatable bonds is 3. The van der Waals surface area contributed by atoms with Crippen LogP contribution in [0.5, 0.6) is 0 Å². The minimum absolute atomic E-state index is 0.254. The summed E-state index contributed by atoms with van der Waals surface area (Å²) in [4.78, 5) is 15.7. The Kier molecular flexibility index (Phi) is 3.78. The van der Waals surface area contributed by atoms with Gasteiger partial charge in [-0.1, -0.05) is 12.2 Å². The van der Waals surface area contributed by atoms with Crippen LogP contribution < -0.4 is 5.32 Å². The van der Waals surface area contributed by atoms with Gasteiger partial charge in [-0.2, -0.15) is 5.26 Å². The van der Waals surface area contributed by atoms with Gasteiger partial charge < -0.3 is 5.32 Å². The molecule has 0 saturated carbocycles. The fraction of sp³-hybridized carbons (Fsp3) is 0.250. The highest BCUT2D eigenvalue weighted by atomic mass is 16.1. The highest BCUT2D eigenvalue weighted by Gasteiger charge is 2.08. The molecule has 1 aromatic heterocycles. The zero-order valence-corrected chi connectivity index (χ0v) is 9.37. The molecule has 0 unspecified atom stereocenters. The molecule has 0 atom stereocenters. The SMILES string of the molecule is C=C(C)CNC(=O)c1ccc(C#N)c(C)n1. The maximum atomic E-state index is 11.6. The zero-order valence-electron chi connectivity index (χ0n) is 9.37. The molecule has 4 heteroatoms. The van der Waals surface area contributed by atoms with E-state index >= 15 is 0 Å². The Bertz CT molecular complexity index is 472. The number of pyridine rings is 1. The van der Waals surface area contributed by atoms with E-state index in [-0.39, 0.29) is 5.91 Å². The number of carbonyl (C=O) groups excluding carboxylic acids is 1. The van der Waals surface area contributed by atoms with Crippen LogP contribution >= 0.6 is 0 Å². The Hall–Kier alpha value is -2.15. The molecule has 0 aliphatic heterocycles. The van der Waals surface area contributed by atoms with E-state index in [0.717, 1.165) is 5.57 Å². The molecule has 1 aromatic rings. The molecule has 0 spiro atoms. The van der Waals surface area contributed by atoms with Crippen molar-refractivity contribution in [3.05, 3.63) is 41.2 Å². The van der Waals surface area contributed by atoms with Gasteiger partial charge in [-0.05, 0) is 26.0 Å². The summed E-state index contributed by atoms with van der Waals surface area (Å²) < 4.78 is 0. The molecule has 0 bridgehead atoms. The van der Waals surface area contributed by atoms with E-state index in [2.05, 4.69) is 16.9 Å². The first kappa shape index (κ1) is 11.9. The minimum atomic E-state index is -0.254. The summed E-state index contributed by atoms with van der Waals surface area (Å²) >= 11 is 0. The summed E-state index contributed by atoms with van der Waals surface area (Å²) in [5, 5.41) is 11.4. The smallest absolute Gasteiger partial charge is 0.270 e. The number of aryl methyl sites for hydroxylation is 1. The van der Waals surface area contributed by atoms with Crippen LogP contribution in [0, 0.1) is 18.3 Å². The van der Waals surface area contributed by atoms with Gasteiger partial charge in [0.1, 0.15) is 11.8 Å². The molecule has 1 amide bonds. The highest BCUT2D eigenvalue weighted by molar-refractivity contribution is 5.92. The molecule has 0 aliphatic rings. The zero-order chi connectivity index (χ0) is 12.1. The summed E-state index contributed by atoms with van der Waals surface area (Å²) in [6.07, 6.45) is 0. The first-order chi connectivity index (χ1) is 7.54. The monoisotopic (exact) mass is 215 g/mol.